The molecule has 1 aliphatic rings. The molecule has 0 spiro atoms. The fourth-order valence-corrected chi connectivity index (χ4v) is 2.17. The molecule has 19 heavy (non-hydrogen) atoms. The highest BCUT2D eigenvalue weighted by atomic mass is 16.2. The first-order valence-corrected chi connectivity index (χ1v) is 6.30. The molecule has 3 N–H and O–H groups in total. The second-order valence-electron chi connectivity index (χ2n) is 4.81. The number of nitrogens with one attached hydrogen (secondary N) is 3. The second kappa shape index (κ2) is 4.94. The van der Waals surface area contributed by atoms with Crippen LogP contribution in [0.15, 0.2) is 24.7 Å². The number of hydrogen-bond donors (Lipinski definition) is 3. The van der Waals surface area contributed by atoms with E-state index in [9.17, 15) is 4.79 Å². The van der Waals surface area contributed by atoms with Gasteiger partial charge in [0.15, 0.2) is 5.65 Å². The van der Waals surface area contributed by atoms with E-state index in [4.69, 9.17) is 0 Å². The van der Waals surface area contributed by atoms with Crippen LogP contribution >= 0.6 is 0 Å². The highest BCUT2D eigenvalue weighted by Crippen LogP contribution is 2.06. The highest BCUT2D eigenvalue weighted by molar-refractivity contribution is 5.94. The average Bonchev–Trinajstić information content (AvgIpc) is 3.03. The van der Waals surface area contributed by atoms with Crippen LogP contribution in [0, 0.1) is 5.92 Å². The molecule has 0 bridgehead atoms. The van der Waals surface area contributed by atoms with Gasteiger partial charge in [-0.05, 0) is 18.5 Å². The third kappa shape index (κ3) is 2.42. The van der Waals surface area contributed by atoms with E-state index in [0.29, 0.717) is 17.1 Å². The average molecular weight is 260 g/mol. The predicted molar refractivity (Wildman–Crippen MR) is 69.4 cm³/mol. The largest absolute Gasteiger partial charge is 0.315 e. The summed E-state index contributed by atoms with van der Waals surface area (Å²) in [6.07, 6.45) is 4.91. The number of carbonyl (C=O) groups is 1. The monoisotopic (exact) mass is 260 g/mol. The Morgan fingerprint density at radius 2 is 2.42 bits per heavy atom. The quantitative estimate of drug-likeness (QED) is 0.652. The van der Waals surface area contributed by atoms with Crippen molar-refractivity contribution in [2.24, 2.45) is 5.92 Å². The fourth-order valence-electron chi connectivity index (χ4n) is 2.17. The number of amides is 1. The van der Waals surface area contributed by atoms with Crippen molar-refractivity contribution in [3.05, 3.63) is 30.2 Å². The van der Waals surface area contributed by atoms with E-state index in [2.05, 4.69) is 33.2 Å². The minimum atomic E-state index is -0.197. The number of hydrogen-bond acceptors (Lipinski definition) is 5. The maximum Gasteiger partial charge on any atom is 0.267 e. The van der Waals surface area contributed by atoms with Crippen molar-refractivity contribution >= 4 is 11.6 Å². The SMILES string of the molecule is C[C@H]1CNC[C@H]1NNC(=O)c1cnn2ccnc2c1. The van der Waals surface area contributed by atoms with Crippen molar-refractivity contribution in [2.45, 2.75) is 13.0 Å². The van der Waals surface area contributed by atoms with Crippen molar-refractivity contribution in [1.29, 1.82) is 0 Å². The van der Waals surface area contributed by atoms with Crippen LogP contribution in [0.2, 0.25) is 0 Å². The van der Waals surface area contributed by atoms with E-state index in [1.54, 1.807) is 23.0 Å². The third-order valence-corrected chi connectivity index (χ3v) is 3.41. The van der Waals surface area contributed by atoms with Gasteiger partial charge < -0.3 is 5.32 Å². The molecular weight excluding hydrogens is 244 g/mol. The van der Waals surface area contributed by atoms with Crippen molar-refractivity contribution < 1.29 is 4.79 Å². The normalized spacial score (nSPS) is 22.8. The molecule has 0 aliphatic carbocycles. The Morgan fingerprint density at radius 3 is 3.21 bits per heavy atom. The predicted octanol–water partition coefficient (Wildman–Crippen LogP) is -0.428. The number of fused-ring (bicyclic) bond motifs is 1. The Morgan fingerprint density at radius 1 is 1.53 bits per heavy atom. The molecular formula is C12H16N6O. The van der Waals surface area contributed by atoms with Crippen LogP contribution in [-0.2, 0) is 0 Å². The van der Waals surface area contributed by atoms with Crippen LogP contribution in [0.4, 0.5) is 0 Å². The lowest BCUT2D eigenvalue weighted by Gasteiger charge is -2.16. The summed E-state index contributed by atoms with van der Waals surface area (Å²) in [6, 6.07) is 1.97. The molecule has 0 unspecified atom stereocenters. The summed E-state index contributed by atoms with van der Waals surface area (Å²) in [4.78, 5) is 16.1. The van der Waals surface area contributed by atoms with Crippen LogP contribution in [-0.4, -0.2) is 39.6 Å². The number of rotatable bonds is 3. The maximum atomic E-state index is 12.0. The Balaban J connectivity index is 1.66. The number of hydrazine groups is 1. The summed E-state index contributed by atoms with van der Waals surface area (Å²) in [7, 11) is 0. The van der Waals surface area contributed by atoms with Crippen LogP contribution in [0.5, 0.6) is 0 Å². The Kier molecular flexibility index (Phi) is 3.14. The lowest BCUT2D eigenvalue weighted by Crippen LogP contribution is -2.47. The standard InChI is InChI=1S/C12H16N6O/c1-8-5-13-7-10(8)16-17-12(19)9-4-11-14-2-3-18(11)15-6-9/h2-4,6,8,10,13,16H,5,7H2,1H3,(H,17,19)/t8-,10+/m0/s1. The van der Waals surface area contributed by atoms with E-state index in [1.807, 2.05) is 0 Å². The van der Waals surface area contributed by atoms with Gasteiger partial charge in [0.25, 0.3) is 5.91 Å². The minimum absolute atomic E-state index is 0.197. The molecule has 2 aromatic heterocycles. The lowest BCUT2D eigenvalue weighted by atomic mass is 10.1. The molecule has 7 nitrogen and oxygen atoms in total. The van der Waals surface area contributed by atoms with Crippen molar-refractivity contribution in [2.75, 3.05) is 13.1 Å². The summed E-state index contributed by atoms with van der Waals surface area (Å²) in [5, 5.41) is 7.38. The number of carbonyl (C=O) groups excluding carboxylic acids is 1. The van der Waals surface area contributed by atoms with E-state index in [0.717, 1.165) is 13.1 Å². The molecule has 1 amide bonds. The van der Waals surface area contributed by atoms with Crippen molar-refractivity contribution in [1.82, 2.24) is 30.8 Å². The molecule has 1 aliphatic heterocycles. The first-order chi connectivity index (χ1) is 9.24. The van der Waals surface area contributed by atoms with Crippen LogP contribution in [0.3, 0.4) is 0 Å². The van der Waals surface area contributed by atoms with Crippen LogP contribution < -0.4 is 16.2 Å². The van der Waals surface area contributed by atoms with Gasteiger partial charge >= 0.3 is 0 Å². The fraction of sp³-hybridized carbons (Fsp3) is 0.417. The highest BCUT2D eigenvalue weighted by Gasteiger charge is 2.23. The molecule has 1 saturated heterocycles. The summed E-state index contributed by atoms with van der Waals surface area (Å²) in [5.74, 6) is 0.297. The minimum Gasteiger partial charge on any atom is -0.315 e. The summed E-state index contributed by atoms with van der Waals surface area (Å²) in [5.41, 5.74) is 6.92. The molecule has 3 rings (SSSR count). The molecule has 0 saturated carbocycles. The first-order valence-electron chi connectivity index (χ1n) is 6.30. The second-order valence-corrected chi connectivity index (χ2v) is 4.81. The smallest absolute Gasteiger partial charge is 0.267 e. The Hall–Kier alpha value is -1.99. The zero-order chi connectivity index (χ0) is 13.2. The van der Waals surface area contributed by atoms with Crippen molar-refractivity contribution in [3.8, 4) is 0 Å². The molecule has 2 atom stereocenters. The van der Waals surface area contributed by atoms with Gasteiger partial charge in [-0.25, -0.2) is 14.9 Å². The Bertz CT molecular complexity index is 595. The Labute approximate surface area is 110 Å². The zero-order valence-electron chi connectivity index (χ0n) is 10.6. The number of imidazole rings is 1. The molecule has 2 aromatic rings. The summed E-state index contributed by atoms with van der Waals surface area (Å²) < 4.78 is 1.62. The van der Waals surface area contributed by atoms with Gasteiger partial charge in [0.2, 0.25) is 0 Å². The van der Waals surface area contributed by atoms with Gasteiger partial charge in [0, 0.05) is 25.0 Å². The zero-order valence-corrected chi connectivity index (χ0v) is 10.6. The van der Waals surface area contributed by atoms with E-state index >= 15 is 0 Å². The molecule has 100 valence electrons. The number of nitrogens with zero attached hydrogens (tertiary/aromatic N) is 3. The van der Waals surface area contributed by atoms with Gasteiger partial charge in [-0.1, -0.05) is 6.92 Å². The van der Waals surface area contributed by atoms with Gasteiger partial charge in [-0.2, -0.15) is 5.10 Å². The summed E-state index contributed by atoms with van der Waals surface area (Å²) in [6.45, 7) is 3.97. The van der Waals surface area contributed by atoms with E-state index < -0.39 is 0 Å². The lowest BCUT2D eigenvalue weighted by molar-refractivity contribution is 0.0922. The number of aromatic nitrogens is 3. The van der Waals surface area contributed by atoms with Crippen molar-refractivity contribution in [3.63, 3.8) is 0 Å². The molecule has 1 fully saturated rings. The van der Waals surface area contributed by atoms with Gasteiger partial charge in [0.05, 0.1) is 11.8 Å². The molecule has 0 radical (unpaired) electrons. The van der Waals surface area contributed by atoms with Crippen LogP contribution in [0.25, 0.3) is 5.65 Å². The van der Waals surface area contributed by atoms with Gasteiger partial charge in [-0.15, -0.1) is 0 Å². The van der Waals surface area contributed by atoms with Gasteiger partial charge in [0.1, 0.15) is 0 Å². The van der Waals surface area contributed by atoms with Crippen LogP contribution in [0.1, 0.15) is 17.3 Å². The third-order valence-electron chi connectivity index (χ3n) is 3.41. The first kappa shape index (κ1) is 12.1. The molecule has 7 heteroatoms. The molecule has 0 aromatic carbocycles. The molecule has 3 heterocycles. The van der Waals surface area contributed by atoms with E-state index in [-0.39, 0.29) is 11.9 Å². The van der Waals surface area contributed by atoms with E-state index in [1.165, 1.54) is 6.20 Å². The van der Waals surface area contributed by atoms with Gasteiger partial charge in [-0.3, -0.25) is 10.2 Å². The summed E-state index contributed by atoms with van der Waals surface area (Å²) >= 11 is 0. The topological polar surface area (TPSA) is 83.3 Å². The maximum absolute atomic E-state index is 12.0.